The zero-order valence-corrected chi connectivity index (χ0v) is 14.4. The van der Waals surface area contributed by atoms with Gasteiger partial charge in [-0.2, -0.15) is 5.21 Å². The number of benzene rings is 1. The average Bonchev–Trinajstić information content (AvgIpc) is 3.24. The number of aromatic amines is 1. The van der Waals surface area contributed by atoms with Gasteiger partial charge in [0, 0.05) is 9.90 Å². The second-order valence-corrected chi connectivity index (χ2v) is 7.98. The van der Waals surface area contributed by atoms with Gasteiger partial charge in [0.2, 0.25) is 15.7 Å². The van der Waals surface area contributed by atoms with E-state index in [2.05, 4.69) is 20.6 Å². The van der Waals surface area contributed by atoms with Crippen molar-refractivity contribution < 1.29 is 13.5 Å². The lowest BCUT2D eigenvalue weighted by Gasteiger charge is -2.04. The summed E-state index contributed by atoms with van der Waals surface area (Å²) in [7, 11) is -3.68. The number of halogens is 1. The van der Waals surface area contributed by atoms with Crippen LogP contribution in [0.25, 0.3) is 6.08 Å². The summed E-state index contributed by atoms with van der Waals surface area (Å²) < 4.78 is 25.5. The van der Waals surface area contributed by atoms with Gasteiger partial charge in [0.25, 0.3) is 0 Å². The quantitative estimate of drug-likeness (QED) is 0.701. The summed E-state index contributed by atoms with van der Waals surface area (Å²) in [4.78, 5) is 0.803. The highest BCUT2D eigenvalue weighted by molar-refractivity contribution is 7.91. The van der Waals surface area contributed by atoms with E-state index in [1.165, 1.54) is 53.8 Å². The highest BCUT2D eigenvalue weighted by Crippen LogP contribution is 2.30. The largest absolute Gasteiger partial charge is 0.381 e. The molecule has 0 aliphatic rings. The molecule has 0 amide bonds. The first-order valence-corrected chi connectivity index (χ1v) is 9.40. The van der Waals surface area contributed by atoms with Crippen molar-refractivity contribution in [1.29, 1.82) is 0 Å². The van der Waals surface area contributed by atoms with E-state index in [0.717, 1.165) is 0 Å². The smallest absolute Gasteiger partial charge is 0.208 e. The number of sulfone groups is 1. The molecule has 0 radical (unpaired) electrons. The van der Waals surface area contributed by atoms with Crippen molar-refractivity contribution in [3.63, 3.8) is 0 Å². The maximum absolute atomic E-state index is 12.7. The number of thiophene rings is 1. The second kappa shape index (κ2) is 6.81. The maximum atomic E-state index is 12.7. The van der Waals surface area contributed by atoms with Crippen LogP contribution in [0.1, 0.15) is 16.8 Å². The Labute approximate surface area is 146 Å². The lowest BCUT2D eigenvalue weighted by atomic mass is 10.3. The van der Waals surface area contributed by atoms with Crippen LogP contribution in [0, 0.1) is 0 Å². The molecule has 0 spiro atoms. The van der Waals surface area contributed by atoms with E-state index in [1.54, 1.807) is 5.38 Å². The molecule has 1 aromatic carbocycles. The fourth-order valence-corrected chi connectivity index (χ4v) is 4.66. The van der Waals surface area contributed by atoms with Gasteiger partial charge in [0.15, 0.2) is 0 Å². The van der Waals surface area contributed by atoms with Crippen molar-refractivity contribution in [2.75, 3.05) is 0 Å². The second-order valence-electron chi connectivity index (χ2n) is 4.68. The molecule has 2 aromatic heterocycles. The zero-order valence-electron chi connectivity index (χ0n) is 12.0. The average molecular weight is 383 g/mol. The molecule has 24 heavy (non-hydrogen) atoms. The zero-order chi connectivity index (χ0) is 17.2. The lowest BCUT2D eigenvalue weighted by molar-refractivity contribution is 0.219. The normalized spacial score (nSPS) is 13.4. The Kier molecular flexibility index (Phi) is 4.76. The number of aromatic nitrogens is 4. The van der Waals surface area contributed by atoms with E-state index < -0.39 is 15.9 Å². The molecule has 2 heterocycles. The first-order chi connectivity index (χ1) is 11.5. The summed E-state index contributed by atoms with van der Waals surface area (Å²) in [5.41, 5.74) is 0. The summed E-state index contributed by atoms with van der Waals surface area (Å²) in [6.07, 6.45) is 1.84. The monoisotopic (exact) mass is 382 g/mol. The standard InChI is InChI=1S/C14H11ClN4O3S2/c15-9-1-3-10(4-2-9)24(21,22)13-7-8-23-12(13)6-5-11(20)14-16-18-19-17-14/h1-8,11,20H,(H,16,17,18,19). The first kappa shape index (κ1) is 16.8. The van der Waals surface area contributed by atoms with Gasteiger partial charge in [-0.25, -0.2) is 8.42 Å². The Balaban J connectivity index is 1.91. The third-order valence-corrected chi connectivity index (χ3v) is 6.22. The predicted molar refractivity (Wildman–Crippen MR) is 89.4 cm³/mol. The highest BCUT2D eigenvalue weighted by atomic mass is 35.5. The summed E-state index contributed by atoms with van der Waals surface area (Å²) in [5.74, 6) is 0.102. The van der Waals surface area contributed by atoms with E-state index >= 15 is 0 Å². The number of aliphatic hydroxyl groups excluding tert-OH is 1. The van der Waals surface area contributed by atoms with Crippen molar-refractivity contribution >= 4 is 38.9 Å². The van der Waals surface area contributed by atoms with Crippen LogP contribution in [0.4, 0.5) is 0 Å². The number of hydrogen-bond acceptors (Lipinski definition) is 7. The Morgan fingerprint density at radius 2 is 2.00 bits per heavy atom. The molecule has 10 heteroatoms. The van der Waals surface area contributed by atoms with Crippen LogP contribution in [-0.4, -0.2) is 34.1 Å². The van der Waals surface area contributed by atoms with Crippen LogP contribution in [-0.2, 0) is 9.84 Å². The molecular weight excluding hydrogens is 372 g/mol. The van der Waals surface area contributed by atoms with E-state index in [0.29, 0.717) is 9.90 Å². The fourth-order valence-electron chi connectivity index (χ4n) is 1.95. The molecule has 1 unspecified atom stereocenters. The SMILES string of the molecule is O=S(=O)(c1ccc(Cl)cc1)c1ccsc1C=CC(O)c1nn[nH]n1. The minimum absolute atomic E-state index is 0.102. The van der Waals surface area contributed by atoms with E-state index in [1.807, 2.05) is 0 Å². The molecule has 3 aromatic rings. The van der Waals surface area contributed by atoms with Gasteiger partial charge in [-0.05, 0) is 47.9 Å². The van der Waals surface area contributed by atoms with Crippen LogP contribution in [0.3, 0.4) is 0 Å². The van der Waals surface area contributed by atoms with Gasteiger partial charge in [0.05, 0.1) is 9.79 Å². The van der Waals surface area contributed by atoms with E-state index in [4.69, 9.17) is 11.6 Å². The Morgan fingerprint density at radius 3 is 2.67 bits per heavy atom. The predicted octanol–water partition coefficient (Wildman–Crippen LogP) is 2.49. The van der Waals surface area contributed by atoms with Crippen LogP contribution >= 0.6 is 22.9 Å². The van der Waals surface area contributed by atoms with Gasteiger partial charge in [0.1, 0.15) is 6.10 Å². The van der Waals surface area contributed by atoms with Crippen LogP contribution in [0.2, 0.25) is 5.02 Å². The molecule has 3 rings (SSSR count). The molecule has 0 bridgehead atoms. The molecule has 7 nitrogen and oxygen atoms in total. The van der Waals surface area contributed by atoms with Crippen molar-refractivity contribution in [3.8, 4) is 0 Å². The van der Waals surface area contributed by atoms with Gasteiger partial charge in [-0.3, -0.25) is 0 Å². The van der Waals surface area contributed by atoms with Gasteiger partial charge in [-0.15, -0.1) is 21.5 Å². The van der Waals surface area contributed by atoms with Crippen LogP contribution in [0.5, 0.6) is 0 Å². The first-order valence-electron chi connectivity index (χ1n) is 6.66. The summed E-state index contributed by atoms with van der Waals surface area (Å²) >= 11 is 7.05. The number of nitrogens with zero attached hydrogens (tertiary/aromatic N) is 3. The van der Waals surface area contributed by atoms with Gasteiger partial charge < -0.3 is 5.11 Å². The molecule has 124 valence electrons. The number of rotatable bonds is 5. The number of tetrazole rings is 1. The van der Waals surface area contributed by atoms with Crippen LogP contribution in [0.15, 0.2) is 51.6 Å². The number of aliphatic hydroxyl groups is 1. The highest BCUT2D eigenvalue weighted by Gasteiger charge is 2.21. The minimum Gasteiger partial charge on any atom is -0.381 e. The number of H-pyrrole nitrogens is 1. The number of nitrogens with one attached hydrogen (secondary N) is 1. The van der Waals surface area contributed by atoms with E-state index in [-0.39, 0.29) is 15.6 Å². The lowest BCUT2D eigenvalue weighted by Crippen LogP contribution is -2.02. The fraction of sp³-hybridized carbons (Fsp3) is 0.0714. The third kappa shape index (κ3) is 3.39. The summed E-state index contributed by atoms with van der Waals surface area (Å²) in [6, 6.07) is 7.48. The Morgan fingerprint density at radius 1 is 1.25 bits per heavy atom. The molecule has 0 saturated carbocycles. The Hall–Kier alpha value is -2.07. The van der Waals surface area contributed by atoms with Gasteiger partial charge in [-0.1, -0.05) is 16.8 Å². The van der Waals surface area contributed by atoms with Gasteiger partial charge >= 0.3 is 0 Å². The molecule has 0 aliphatic heterocycles. The minimum atomic E-state index is -3.68. The molecule has 1 atom stereocenters. The van der Waals surface area contributed by atoms with Crippen molar-refractivity contribution in [3.05, 3.63) is 57.5 Å². The van der Waals surface area contributed by atoms with Crippen LogP contribution < -0.4 is 0 Å². The third-order valence-electron chi connectivity index (χ3n) is 3.13. The molecular formula is C14H11ClN4O3S2. The summed E-state index contributed by atoms with van der Waals surface area (Å²) in [5, 5.41) is 25.0. The Bertz CT molecular complexity index is 950. The summed E-state index contributed by atoms with van der Waals surface area (Å²) in [6.45, 7) is 0. The molecule has 0 aliphatic carbocycles. The van der Waals surface area contributed by atoms with Crippen molar-refractivity contribution in [2.24, 2.45) is 0 Å². The topological polar surface area (TPSA) is 109 Å². The number of hydrogen-bond donors (Lipinski definition) is 2. The van der Waals surface area contributed by atoms with E-state index in [9.17, 15) is 13.5 Å². The van der Waals surface area contributed by atoms with Crippen molar-refractivity contribution in [1.82, 2.24) is 20.6 Å². The molecule has 2 N–H and O–H groups in total. The van der Waals surface area contributed by atoms with Crippen molar-refractivity contribution in [2.45, 2.75) is 15.9 Å². The maximum Gasteiger partial charge on any atom is 0.208 e. The molecule has 0 saturated heterocycles. The molecule has 0 fully saturated rings.